The molecule has 0 saturated carbocycles. The molecule has 4 aromatic rings. The summed E-state index contributed by atoms with van der Waals surface area (Å²) < 4.78 is 0. The Morgan fingerprint density at radius 2 is 0.176 bits per heavy atom. The zero-order valence-electron chi connectivity index (χ0n) is 38.0. The third kappa shape index (κ3) is 217. The average Bonchev–Trinajstić information content (AvgIpc) is 3.25. The van der Waals surface area contributed by atoms with Gasteiger partial charge in [0.05, 0.1) is 0 Å². The third-order valence-electron chi connectivity index (χ3n) is 2.67. The maximum atomic E-state index is 2.12. The summed E-state index contributed by atoms with van der Waals surface area (Å²) in [5, 5.41) is 0. The van der Waals surface area contributed by atoms with Crippen LogP contribution in [0.4, 0.5) is 0 Å². The van der Waals surface area contributed by atoms with Crippen LogP contribution in [0.1, 0.15) is 186 Å². The molecule has 0 aromatic heterocycles. The van der Waals surface area contributed by atoms with E-state index in [1.165, 1.54) is 19.3 Å². The lowest BCUT2D eigenvalue weighted by molar-refractivity contribution is 1.09. The Kier molecular flexibility index (Phi) is 293. The molecule has 0 aliphatic heterocycles. The van der Waals surface area contributed by atoms with Crippen molar-refractivity contribution in [1.29, 1.82) is 0 Å². The lowest BCUT2D eigenvalue weighted by Gasteiger charge is -1.69. The molecule has 0 atom stereocenters. The number of rotatable bonds is 0. The largest absolute Gasteiger partial charge is 0.0776 e. The molecule has 308 valence electrons. The Balaban J connectivity index is -0.0000000284. The molecule has 0 aliphatic carbocycles. The highest BCUT2D eigenvalue weighted by molar-refractivity contribution is 5.00. The van der Waals surface area contributed by atoms with Crippen molar-refractivity contribution in [3.8, 4) is 0 Å². The molecular weight excluding hydrogens is 613 g/mol. The fourth-order valence-electron chi connectivity index (χ4n) is 1.54. The van der Waals surface area contributed by atoms with Gasteiger partial charge in [0.25, 0.3) is 0 Å². The molecule has 0 amide bonds. The minimum absolute atomic E-state index is 0. The molecule has 0 radical (unpaired) electrons. The summed E-state index contributed by atoms with van der Waals surface area (Å²) in [5.74, 6) is 0. The van der Waals surface area contributed by atoms with Gasteiger partial charge < -0.3 is 0 Å². The highest BCUT2D eigenvalue weighted by atomic mass is 13.7. The van der Waals surface area contributed by atoms with Gasteiger partial charge in [0.1, 0.15) is 0 Å². The van der Waals surface area contributed by atoms with Gasteiger partial charge in [0.2, 0.25) is 0 Å². The van der Waals surface area contributed by atoms with Gasteiger partial charge >= 0.3 is 0 Å². The SMILES string of the molecule is C.C.CC.CC.CC.CC.CC.CC.CC.CC.CCC.CCC.CCC.c1ccccc1.c1ccccc1.c1ccccc1.c1ccccc1. The molecule has 4 aromatic carbocycles. The average molecular weight is 717 g/mol. The zero-order chi connectivity index (χ0) is 41.1. The Morgan fingerprint density at radius 3 is 0.196 bits per heavy atom. The first kappa shape index (κ1) is 86.5. The first-order valence-electron chi connectivity index (χ1n) is 20.2. The van der Waals surface area contributed by atoms with Gasteiger partial charge in [-0.1, -0.05) is 332 Å². The van der Waals surface area contributed by atoms with Crippen LogP contribution in [-0.4, -0.2) is 0 Å². The summed E-state index contributed by atoms with van der Waals surface area (Å²) in [5.41, 5.74) is 0. The van der Waals surface area contributed by atoms with Crippen molar-refractivity contribution < 1.29 is 0 Å². The van der Waals surface area contributed by atoms with Gasteiger partial charge in [-0.3, -0.25) is 0 Å². The van der Waals surface area contributed by atoms with Crippen LogP contribution >= 0.6 is 0 Å². The second-order valence-electron chi connectivity index (χ2n) is 6.74. The highest BCUT2D eigenvalue weighted by Crippen LogP contribution is 1.81. The molecule has 0 aliphatic rings. The second-order valence-corrected chi connectivity index (χ2v) is 6.74. The monoisotopic (exact) mass is 717 g/mol. The summed E-state index contributed by atoms with van der Waals surface area (Å²) in [7, 11) is 0. The van der Waals surface area contributed by atoms with Crippen molar-refractivity contribution in [2.75, 3.05) is 0 Å². The maximum absolute atomic E-state index is 2.12. The van der Waals surface area contributed by atoms with Crippen molar-refractivity contribution in [3.05, 3.63) is 146 Å². The highest BCUT2D eigenvalue weighted by Gasteiger charge is 1.59. The van der Waals surface area contributed by atoms with Crippen molar-refractivity contribution >= 4 is 0 Å². The lowest BCUT2D eigenvalue weighted by Crippen LogP contribution is -1.47. The third-order valence-corrected chi connectivity index (χ3v) is 2.67. The van der Waals surface area contributed by atoms with E-state index in [1.807, 2.05) is 256 Å². The first-order chi connectivity index (χ1) is 24.2. The molecule has 0 saturated heterocycles. The van der Waals surface area contributed by atoms with Crippen LogP contribution in [0.15, 0.2) is 146 Å². The quantitative estimate of drug-likeness (QED) is 0.170. The Bertz CT molecular complexity index is 454. The summed E-state index contributed by atoms with van der Waals surface area (Å²) in [6.45, 7) is 44.8. The van der Waals surface area contributed by atoms with Crippen LogP contribution in [0.2, 0.25) is 0 Å². The summed E-state index contributed by atoms with van der Waals surface area (Å²) >= 11 is 0. The van der Waals surface area contributed by atoms with E-state index < -0.39 is 0 Å². The molecule has 51 heavy (non-hydrogen) atoms. The second kappa shape index (κ2) is 173. The number of hydrogen-bond donors (Lipinski definition) is 0. The molecule has 0 bridgehead atoms. The molecule has 0 N–H and O–H groups in total. The van der Waals surface area contributed by atoms with E-state index in [4.69, 9.17) is 0 Å². The predicted octanol–water partition coefficient (Wildman–Crippen LogP) is 20.5. The van der Waals surface area contributed by atoms with Gasteiger partial charge in [-0.25, -0.2) is 0 Å². The lowest BCUT2D eigenvalue weighted by atomic mass is 10.4. The smallest absolute Gasteiger partial charge is 0.0590 e. The van der Waals surface area contributed by atoms with Gasteiger partial charge in [-0.05, 0) is 0 Å². The van der Waals surface area contributed by atoms with E-state index in [2.05, 4.69) is 41.5 Å². The zero-order valence-corrected chi connectivity index (χ0v) is 38.0. The van der Waals surface area contributed by atoms with E-state index >= 15 is 0 Å². The molecule has 0 heteroatoms. The van der Waals surface area contributed by atoms with E-state index in [0.717, 1.165) is 0 Å². The van der Waals surface area contributed by atoms with E-state index in [-0.39, 0.29) is 14.9 Å². The van der Waals surface area contributed by atoms with Crippen LogP contribution in [0.3, 0.4) is 0 Å². The fourth-order valence-corrected chi connectivity index (χ4v) is 1.54. The molecule has 4 rings (SSSR count). The topological polar surface area (TPSA) is 0 Å². The number of hydrogen-bond acceptors (Lipinski definition) is 0. The maximum Gasteiger partial charge on any atom is -0.0590 e. The summed E-state index contributed by atoms with van der Waals surface area (Å²) in [6.07, 6.45) is 3.75. The molecule has 0 heterocycles. The van der Waals surface area contributed by atoms with Gasteiger partial charge in [0, 0.05) is 0 Å². The molecule has 0 spiro atoms. The van der Waals surface area contributed by atoms with Gasteiger partial charge in [-0.15, -0.1) is 0 Å². The Labute approximate surface area is 331 Å². The Morgan fingerprint density at radius 1 is 0.157 bits per heavy atom. The summed E-state index contributed by atoms with van der Waals surface area (Å²) in [4.78, 5) is 0. The standard InChI is InChI=1S/4C6H6.3C3H8.8C2H6.2CH4/c4*1-2-4-6-5-3-1;3*1-3-2;8*1-2;;/h4*1-6H;3*3H2,1-2H3;8*1-2H3;2*1H4. The van der Waals surface area contributed by atoms with E-state index in [9.17, 15) is 0 Å². The normalized spacial score (nSPS) is 5.76. The summed E-state index contributed by atoms with van der Waals surface area (Å²) in [6, 6.07) is 48.0. The minimum Gasteiger partial charge on any atom is -0.0776 e. The van der Waals surface area contributed by atoms with Gasteiger partial charge in [-0.2, -0.15) is 0 Å². The molecule has 0 nitrogen and oxygen atoms in total. The first-order valence-corrected chi connectivity index (χ1v) is 20.2. The van der Waals surface area contributed by atoms with E-state index in [1.54, 1.807) is 0 Å². The van der Waals surface area contributed by atoms with Crippen LogP contribution in [-0.2, 0) is 0 Å². The van der Waals surface area contributed by atoms with Crippen molar-refractivity contribution in [3.63, 3.8) is 0 Å². The molecular formula is C51H104. The van der Waals surface area contributed by atoms with E-state index in [0.29, 0.717) is 0 Å². The van der Waals surface area contributed by atoms with Crippen LogP contribution < -0.4 is 0 Å². The van der Waals surface area contributed by atoms with Crippen molar-refractivity contribution in [2.24, 2.45) is 0 Å². The van der Waals surface area contributed by atoms with Crippen molar-refractivity contribution in [1.82, 2.24) is 0 Å². The van der Waals surface area contributed by atoms with Crippen LogP contribution in [0.25, 0.3) is 0 Å². The van der Waals surface area contributed by atoms with Crippen molar-refractivity contribution in [2.45, 2.75) is 186 Å². The van der Waals surface area contributed by atoms with Crippen LogP contribution in [0.5, 0.6) is 0 Å². The minimum atomic E-state index is 0. The molecule has 0 unspecified atom stereocenters. The number of benzene rings is 4. The van der Waals surface area contributed by atoms with Crippen LogP contribution in [0, 0.1) is 0 Å². The Hall–Kier alpha value is -3.12. The van der Waals surface area contributed by atoms with Gasteiger partial charge in [0.15, 0.2) is 0 Å². The molecule has 0 fully saturated rings. The fraction of sp³-hybridized carbons (Fsp3) is 0.529. The predicted molar refractivity (Wildman–Crippen MR) is 258 cm³/mol.